The summed E-state index contributed by atoms with van der Waals surface area (Å²) in [5.41, 5.74) is 5.34. The molecule has 6 heteroatoms. The molecule has 0 atom stereocenters. The molecule has 0 radical (unpaired) electrons. The van der Waals surface area contributed by atoms with E-state index < -0.39 is 11.9 Å². The van der Waals surface area contributed by atoms with Crippen LogP contribution in [0.5, 0.6) is 0 Å². The predicted octanol–water partition coefficient (Wildman–Crippen LogP) is 2.00. The number of carbonyl (C=O) groups is 2. The minimum absolute atomic E-state index is 0.282. The summed E-state index contributed by atoms with van der Waals surface area (Å²) in [4.78, 5) is 27.2. The van der Waals surface area contributed by atoms with Gasteiger partial charge in [-0.15, -0.1) is 0 Å². The van der Waals surface area contributed by atoms with Crippen molar-refractivity contribution in [3.05, 3.63) is 46.5 Å². The number of hydrazine groups is 1. The molecule has 0 aromatic heterocycles. The zero-order chi connectivity index (χ0) is 13.5. The molecule has 0 unspecified atom stereocenters. The smallest absolute Gasteiger partial charge is 0.347 e. The van der Waals surface area contributed by atoms with Crippen molar-refractivity contribution in [2.75, 3.05) is 0 Å². The second-order valence-corrected chi connectivity index (χ2v) is 4.09. The van der Waals surface area contributed by atoms with E-state index in [2.05, 4.69) is 15.9 Å². The highest BCUT2D eigenvalue weighted by Gasteiger charge is 2.09. The molecule has 0 saturated heterocycles. The lowest BCUT2D eigenvalue weighted by Gasteiger charge is -2.07. The summed E-state index contributed by atoms with van der Waals surface area (Å²) in [7, 11) is 0. The van der Waals surface area contributed by atoms with Gasteiger partial charge in [0.15, 0.2) is 0 Å². The standard InChI is InChI=1S/C12H13ClN2O3/c1-8(2)7-11(16)18-15-14-12(17)9-5-3-4-6-10(9)13/h3-7,15H,1-2H3,(H,14,17). The van der Waals surface area contributed by atoms with Crippen LogP contribution in [0, 0.1) is 0 Å². The van der Waals surface area contributed by atoms with E-state index in [4.69, 9.17) is 11.6 Å². The molecule has 0 spiro atoms. The van der Waals surface area contributed by atoms with Gasteiger partial charge in [-0.05, 0) is 26.0 Å². The van der Waals surface area contributed by atoms with Crippen LogP contribution >= 0.6 is 11.6 Å². The van der Waals surface area contributed by atoms with E-state index in [-0.39, 0.29) is 5.56 Å². The third-order valence-corrected chi connectivity index (χ3v) is 2.17. The highest BCUT2D eigenvalue weighted by Crippen LogP contribution is 2.13. The molecule has 0 heterocycles. The van der Waals surface area contributed by atoms with Gasteiger partial charge in [0.25, 0.3) is 5.91 Å². The Balaban J connectivity index is 2.46. The molecule has 0 fully saturated rings. The largest absolute Gasteiger partial charge is 0.351 e. The zero-order valence-electron chi connectivity index (χ0n) is 9.99. The van der Waals surface area contributed by atoms with E-state index in [9.17, 15) is 9.59 Å². The minimum Gasteiger partial charge on any atom is -0.347 e. The molecule has 5 nitrogen and oxygen atoms in total. The maximum Gasteiger partial charge on any atom is 0.351 e. The molecule has 0 aliphatic heterocycles. The number of amides is 1. The second kappa shape index (κ2) is 6.78. The van der Waals surface area contributed by atoms with Crippen LogP contribution < -0.4 is 11.0 Å². The molecule has 0 saturated carbocycles. The minimum atomic E-state index is -0.602. The zero-order valence-corrected chi connectivity index (χ0v) is 10.7. The van der Waals surface area contributed by atoms with Gasteiger partial charge in [0.05, 0.1) is 10.6 Å². The van der Waals surface area contributed by atoms with Crippen LogP contribution in [0.15, 0.2) is 35.9 Å². The summed E-state index contributed by atoms with van der Waals surface area (Å²) < 4.78 is 0. The Bertz CT molecular complexity index is 482. The van der Waals surface area contributed by atoms with Gasteiger partial charge >= 0.3 is 5.97 Å². The molecule has 1 aromatic carbocycles. The van der Waals surface area contributed by atoms with Crippen LogP contribution in [0.1, 0.15) is 24.2 Å². The van der Waals surface area contributed by atoms with Crippen molar-refractivity contribution in [2.24, 2.45) is 0 Å². The molecule has 0 aliphatic carbocycles. The van der Waals surface area contributed by atoms with E-state index in [1.807, 2.05) is 0 Å². The van der Waals surface area contributed by atoms with E-state index in [1.54, 1.807) is 38.1 Å². The number of halogens is 1. The fraction of sp³-hybridized carbons (Fsp3) is 0.167. The van der Waals surface area contributed by atoms with Gasteiger partial charge in [-0.25, -0.2) is 4.79 Å². The third kappa shape index (κ3) is 4.57. The Hall–Kier alpha value is -1.85. The first-order valence-electron chi connectivity index (χ1n) is 5.16. The van der Waals surface area contributed by atoms with Crippen molar-refractivity contribution in [1.29, 1.82) is 0 Å². The normalized spacial score (nSPS) is 9.50. The van der Waals surface area contributed by atoms with Crippen LogP contribution in [0.4, 0.5) is 0 Å². The summed E-state index contributed by atoms with van der Waals surface area (Å²) >= 11 is 5.82. The van der Waals surface area contributed by atoms with Crippen LogP contribution in [-0.2, 0) is 9.63 Å². The average molecular weight is 269 g/mol. The van der Waals surface area contributed by atoms with Crippen molar-refractivity contribution in [3.63, 3.8) is 0 Å². The molecule has 0 bridgehead atoms. The Morgan fingerprint density at radius 3 is 2.56 bits per heavy atom. The lowest BCUT2D eigenvalue weighted by molar-refractivity contribution is -0.146. The van der Waals surface area contributed by atoms with Crippen molar-refractivity contribution in [2.45, 2.75) is 13.8 Å². The Labute approximate surface area is 110 Å². The highest BCUT2D eigenvalue weighted by molar-refractivity contribution is 6.33. The number of allylic oxidation sites excluding steroid dienone is 1. The van der Waals surface area contributed by atoms with Gasteiger partial charge in [0.1, 0.15) is 0 Å². The number of nitrogens with one attached hydrogen (secondary N) is 2. The summed E-state index contributed by atoms with van der Waals surface area (Å²) in [6.07, 6.45) is 1.29. The molecule has 96 valence electrons. The van der Waals surface area contributed by atoms with Gasteiger partial charge in [0, 0.05) is 6.08 Å². The first kappa shape index (κ1) is 14.2. The number of hydrogen-bond acceptors (Lipinski definition) is 4. The molecule has 0 aliphatic rings. The van der Waals surface area contributed by atoms with Crippen LogP contribution in [0.3, 0.4) is 0 Å². The number of hydrogen-bond donors (Lipinski definition) is 2. The fourth-order valence-corrected chi connectivity index (χ4v) is 1.32. The van der Waals surface area contributed by atoms with Crippen LogP contribution in [0.2, 0.25) is 5.02 Å². The van der Waals surface area contributed by atoms with Gasteiger partial charge in [-0.3, -0.25) is 10.2 Å². The lowest BCUT2D eigenvalue weighted by atomic mass is 10.2. The predicted molar refractivity (Wildman–Crippen MR) is 67.6 cm³/mol. The van der Waals surface area contributed by atoms with Crippen LogP contribution in [0.25, 0.3) is 0 Å². The number of benzene rings is 1. The van der Waals surface area contributed by atoms with Gasteiger partial charge < -0.3 is 4.84 Å². The van der Waals surface area contributed by atoms with Gasteiger partial charge in [-0.2, -0.15) is 0 Å². The summed E-state index contributed by atoms with van der Waals surface area (Å²) in [6.45, 7) is 3.51. The van der Waals surface area contributed by atoms with Gasteiger partial charge in [0.2, 0.25) is 0 Å². The molecule has 2 N–H and O–H groups in total. The van der Waals surface area contributed by atoms with Crippen LogP contribution in [-0.4, -0.2) is 11.9 Å². The van der Waals surface area contributed by atoms with Gasteiger partial charge in [-0.1, -0.05) is 34.9 Å². The summed E-state index contributed by atoms with van der Waals surface area (Å²) in [6, 6.07) is 6.53. The van der Waals surface area contributed by atoms with Crippen molar-refractivity contribution < 1.29 is 14.4 Å². The average Bonchev–Trinajstić information content (AvgIpc) is 2.28. The summed E-state index contributed by atoms with van der Waals surface area (Å²) in [5, 5.41) is 0.312. The molecule has 1 rings (SSSR count). The fourth-order valence-electron chi connectivity index (χ4n) is 1.10. The van der Waals surface area contributed by atoms with Crippen molar-refractivity contribution in [3.8, 4) is 0 Å². The molecular weight excluding hydrogens is 256 g/mol. The second-order valence-electron chi connectivity index (χ2n) is 3.68. The molecule has 18 heavy (non-hydrogen) atoms. The lowest BCUT2D eigenvalue weighted by Crippen LogP contribution is -2.38. The van der Waals surface area contributed by atoms with E-state index in [0.717, 1.165) is 5.57 Å². The number of rotatable bonds is 4. The Morgan fingerprint density at radius 1 is 1.28 bits per heavy atom. The topological polar surface area (TPSA) is 67.4 Å². The van der Waals surface area contributed by atoms with Crippen molar-refractivity contribution >= 4 is 23.5 Å². The SMILES string of the molecule is CC(C)=CC(=O)ONNC(=O)c1ccccc1Cl. The monoisotopic (exact) mass is 268 g/mol. The first-order chi connectivity index (χ1) is 8.50. The first-order valence-corrected chi connectivity index (χ1v) is 5.54. The number of carbonyl (C=O) groups excluding carboxylic acids is 2. The van der Waals surface area contributed by atoms with Crippen molar-refractivity contribution in [1.82, 2.24) is 11.0 Å². The molecular formula is C12H13ClN2O3. The Morgan fingerprint density at radius 2 is 1.94 bits per heavy atom. The molecule has 1 amide bonds. The summed E-state index contributed by atoms with van der Waals surface area (Å²) in [5.74, 6) is -1.10. The maximum absolute atomic E-state index is 11.6. The van der Waals surface area contributed by atoms with E-state index in [0.29, 0.717) is 5.02 Å². The Kier molecular flexibility index (Phi) is 5.35. The third-order valence-electron chi connectivity index (χ3n) is 1.84. The quantitative estimate of drug-likeness (QED) is 0.647. The highest BCUT2D eigenvalue weighted by atomic mass is 35.5. The van der Waals surface area contributed by atoms with E-state index in [1.165, 1.54) is 6.08 Å². The maximum atomic E-state index is 11.6. The molecule has 1 aromatic rings. The van der Waals surface area contributed by atoms with E-state index >= 15 is 0 Å².